The standard InChI is InChI=1S/C37H56O12/c1-21(17-34(42)48-28(19-44-23(3)39)20-45-24(4)40)16-33(41)46-25(5)47-35(43)49-27-12-14-36(6)26(18-27)8-9-29-31-11-10-30(22(2)38)37(31,7)15-13-32(29)36/h21,25-32H,8-20H2,1-7H3/t21?,25?,26-,27+,29?,30?,31-,32-,36?,37?/m0/s1. The average Bonchev–Trinajstić information content (AvgIpc) is 3.35. The highest BCUT2D eigenvalue weighted by molar-refractivity contribution is 5.79. The van der Waals surface area contributed by atoms with Crippen molar-refractivity contribution in [2.75, 3.05) is 13.2 Å². The second-order valence-electron chi connectivity index (χ2n) is 15.6. The number of ether oxygens (including phenoxy) is 6. The molecule has 49 heavy (non-hydrogen) atoms. The van der Waals surface area contributed by atoms with Crippen LogP contribution in [0.1, 0.15) is 119 Å². The summed E-state index contributed by atoms with van der Waals surface area (Å²) >= 11 is 0. The monoisotopic (exact) mass is 692 g/mol. The Kier molecular flexibility index (Phi) is 12.8. The van der Waals surface area contributed by atoms with Crippen molar-refractivity contribution in [2.24, 2.45) is 46.3 Å². The van der Waals surface area contributed by atoms with Gasteiger partial charge in [-0.05, 0) is 105 Å². The molecule has 10 atom stereocenters. The minimum absolute atomic E-state index is 0.134. The van der Waals surface area contributed by atoms with Gasteiger partial charge in [0.05, 0.1) is 0 Å². The van der Waals surface area contributed by atoms with Crippen molar-refractivity contribution in [3.8, 4) is 0 Å². The van der Waals surface area contributed by atoms with Gasteiger partial charge in [0.15, 0.2) is 6.10 Å². The Morgan fingerprint density at radius 3 is 1.90 bits per heavy atom. The zero-order valence-electron chi connectivity index (χ0n) is 30.3. The maximum absolute atomic E-state index is 12.7. The highest BCUT2D eigenvalue weighted by atomic mass is 16.8. The molecule has 12 nitrogen and oxygen atoms in total. The molecule has 0 aliphatic heterocycles. The van der Waals surface area contributed by atoms with Crippen LogP contribution in [0.15, 0.2) is 0 Å². The van der Waals surface area contributed by atoms with Gasteiger partial charge in [0.1, 0.15) is 25.1 Å². The summed E-state index contributed by atoms with van der Waals surface area (Å²) in [6.45, 7) is 11.5. The number of fused-ring (bicyclic) bond motifs is 5. The molecule has 0 amide bonds. The molecule has 6 unspecified atom stereocenters. The van der Waals surface area contributed by atoms with Crippen molar-refractivity contribution in [2.45, 2.75) is 138 Å². The second-order valence-corrected chi connectivity index (χ2v) is 15.6. The summed E-state index contributed by atoms with van der Waals surface area (Å²) in [4.78, 5) is 72.3. The molecule has 0 saturated heterocycles. The maximum Gasteiger partial charge on any atom is 0.511 e. The van der Waals surface area contributed by atoms with Gasteiger partial charge in [-0.2, -0.15) is 0 Å². The van der Waals surface area contributed by atoms with Crippen LogP contribution >= 0.6 is 0 Å². The van der Waals surface area contributed by atoms with Crippen LogP contribution in [0.3, 0.4) is 0 Å². The normalized spacial score (nSPS) is 33.1. The van der Waals surface area contributed by atoms with Crippen LogP contribution in [0.25, 0.3) is 0 Å². The summed E-state index contributed by atoms with van der Waals surface area (Å²) in [5.74, 6) is -0.0428. The fraction of sp³-hybridized carbons (Fsp3) is 0.838. The molecule has 0 aromatic carbocycles. The predicted octanol–water partition coefficient (Wildman–Crippen LogP) is 6.10. The van der Waals surface area contributed by atoms with E-state index in [-0.39, 0.29) is 48.9 Å². The van der Waals surface area contributed by atoms with Crippen LogP contribution in [0.2, 0.25) is 0 Å². The largest absolute Gasteiger partial charge is 0.511 e. The minimum Gasteiger partial charge on any atom is -0.462 e. The predicted molar refractivity (Wildman–Crippen MR) is 174 cm³/mol. The summed E-state index contributed by atoms with van der Waals surface area (Å²) < 4.78 is 31.2. The van der Waals surface area contributed by atoms with Crippen LogP contribution in [0.5, 0.6) is 0 Å². The first-order chi connectivity index (χ1) is 23.0. The fourth-order valence-corrected chi connectivity index (χ4v) is 9.96. The van der Waals surface area contributed by atoms with Gasteiger partial charge >= 0.3 is 30.0 Å². The lowest BCUT2D eigenvalue weighted by atomic mass is 9.44. The van der Waals surface area contributed by atoms with Gasteiger partial charge in [0.2, 0.25) is 6.29 Å². The van der Waals surface area contributed by atoms with Crippen molar-refractivity contribution in [3.63, 3.8) is 0 Å². The van der Waals surface area contributed by atoms with E-state index in [4.69, 9.17) is 28.4 Å². The lowest BCUT2D eigenvalue weighted by Crippen LogP contribution is -2.54. The van der Waals surface area contributed by atoms with Crippen LogP contribution in [-0.4, -0.2) is 67.5 Å². The van der Waals surface area contributed by atoms with E-state index >= 15 is 0 Å². The molecule has 4 fully saturated rings. The maximum atomic E-state index is 12.7. The fourth-order valence-electron chi connectivity index (χ4n) is 9.96. The molecular weight excluding hydrogens is 636 g/mol. The molecule has 0 aromatic heterocycles. The Balaban J connectivity index is 1.18. The van der Waals surface area contributed by atoms with Gasteiger partial charge in [0, 0.05) is 39.5 Å². The van der Waals surface area contributed by atoms with E-state index < -0.39 is 48.3 Å². The SMILES string of the molecule is CC(=O)OCC(COC(C)=O)OC(=O)CC(C)CC(=O)OC(C)OC(=O)O[C@@H]1CCC2(C)[C@@H](CCC3[C@@H]4CCC(C(C)=O)C4(C)CC[C@@H]32)C1. The van der Waals surface area contributed by atoms with E-state index in [2.05, 4.69) is 13.8 Å². The summed E-state index contributed by atoms with van der Waals surface area (Å²) in [6, 6.07) is 0. The van der Waals surface area contributed by atoms with Gasteiger partial charge in [-0.15, -0.1) is 0 Å². The number of hydrogen-bond acceptors (Lipinski definition) is 12. The van der Waals surface area contributed by atoms with Crippen molar-refractivity contribution >= 4 is 35.8 Å². The third kappa shape index (κ3) is 9.54. The topological polar surface area (TPSA) is 158 Å². The quantitative estimate of drug-likeness (QED) is 0.124. The number of Topliss-reactive ketones (excluding diaryl/α,β-unsaturated/α-hetero) is 1. The highest BCUT2D eigenvalue weighted by Crippen LogP contribution is 2.67. The minimum atomic E-state index is -1.18. The van der Waals surface area contributed by atoms with Crippen LogP contribution in [-0.2, 0) is 52.4 Å². The van der Waals surface area contributed by atoms with Crippen LogP contribution < -0.4 is 0 Å². The second kappa shape index (κ2) is 16.2. The molecule has 0 radical (unpaired) electrons. The lowest BCUT2D eigenvalue weighted by molar-refractivity contribution is -0.173. The van der Waals surface area contributed by atoms with E-state index in [1.54, 1.807) is 13.8 Å². The Labute approximate surface area is 290 Å². The smallest absolute Gasteiger partial charge is 0.462 e. The molecule has 0 N–H and O–H groups in total. The lowest BCUT2D eigenvalue weighted by Gasteiger charge is -2.61. The molecule has 0 spiro atoms. The van der Waals surface area contributed by atoms with Crippen molar-refractivity contribution < 1.29 is 57.2 Å². The van der Waals surface area contributed by atoms with E-state index in [1.165, 1.54) is 27.2 Å². The Morgan fingerprint density at radius 2 is 1.29 bits per heavy atom. The average molecular weight is 693 g/mol. The number of rotatable bonds is 13. The van der Waals surface area contributed by atoms with E-state index in [9.17, 15) is 28.8 Å². The van der Waals surface area contributed by atoms with Crippen molar-refractivity contribution in [1.82, 2.24) is 0 Å². The summed E-state index contributed by atoms with van der Waals surface area (Å²) in [5, 5.41) is 0. The molecule has 4 aliphatic rings. The molecule has 12 heteroatoms. The first-order valence-corrected chi connectivity index (χ1v) is 18.0. The zero-order chi connectivity index (χ0) is 36.1. The number of esters is 4. The van der Waals surface area contributed by atoms with Crippen molar-refractivity contribution in [1.29, 1.82) is 0 Å². The van der Waals surface area contributed by atoms with Gasteiger partial charge in [0.25, 0.3) is 0 Å². The Hall–Kier alpha value is -3.18. The summed E-state index contributed by atoms with van der Waals surface area (Å²) in [7, 11) is 0. The summed E-state index contributed by atoms with van der Waals surface area (Å²) in [5.41, 5.74) is 0.328. The first kappa shape index (κ1) is 38.6. The van der Waals surface area contributed by atoms with Crippen molar-refractivity contribution in [3.05, 3.63) is 0 Å². The third-order valence-electron chi connectivity index (χ3n) is 12.2. The van der Waals surface area contributed by atoms with Gasteiger partial charge in [-0.1, -0.05) is 20.8 Å². The molecule has 4 aliphatic carbocycles. The van der Waals surface area contributed by atoms with E-state index in [0.717, 1.165) is 51.4 Å². The first-order valence-electron chi connectivity index (χ1n) is 18.0. The number of ketones is 1. The van der Waals surface area contributed by atoms with E-state index in [1.807, 2.05) is 0 Å². The molecule has 0 bridgehead atoms. The van der Waals surface area contributed by atoms with Crippen LogP contribution in [0, 0.1) is 46.3 Å². The Bertz CT molecular complexity index is 1230. The molecular formula is C37H56O12. The van der Waals surface area contributed by atoms with Gasteiger partial charge in [-0.3, -0.25) is 24.0 Å². The third-order valence-corrected chi connectivity index (χ3v) is 12.2. The van der Waals surface area contributed by atoms with Gasteiger partial charge < -0.3 is 28.4 Å². The summed E-state index contributed by atoms with van der Waals surface area (Å²) in [6.07, 6.45) is 5.68. The molecule has 276 valence electrons. The number of carbonyl (C=O) groups is 6. The number of carbonyl (C=O) groups excluding carboxylic acids is 6. The molecule has 0 heterocycles. The molecule has 4 rings (SSSR count). The molecule has 0 aromatic rings. The zero-order valence-corrected chi connectivity index (χ0v) is 30.3. The van der Waals surface area contributed by atoms with Crippen LogP contribution in [0.4, 0.5) is 4.79 Å². The Morgan fingerprint density at radius 1 is 0.694 bits per heavy atom. The van der Waals surface area contributed by atoms with E-state index in [0.29, 0.717) is 29.5 Å². The highest BCUT2D eigenvalue weighted by Gasteiger charge is 2.61. The van der Waals surface area contributed by atoms with Gasteiger partial charge in [-0.25, -0.2) is 4.79 Å². The number of hydrogen-bond donors (Lipinski definition) is 0. The molecule has 4 saturated carbocycles.